The molecule has 2 aliphatic rings. The third-order valence-electron chi connectivity index (χ3n) is 4.10. The molecule has 2 rings (SSSR count). The Labute approximate surface area is 88.4 Å². The average Bonchev–Trinajstić information content (AvgIpc) is 2.38. The number of rotatable bonds is 1. The highest BCUT2D eigenvalue weighted by atomic mass is 127. The molecule has 0 N–H and O–H groups in total. The molecule has 0 aromatic carbocycles. The van der Waals surface area contributed by atoms with Crippen LogP contribution in [0.3, 0.4) is 0 Å². The van der Waals surface area contributed by atoms with E-state index < -0.39 is 0 Å². The van der Waals surface area contributed by atoms with Crippen molar-refractivity contribution in [3.05, 3.63) is 0 Å². The second-order valence-electron chi connectivity index (χ2n) is 4.78. The summed E-state index contributed by atoms with van der Waals surface area (Å²) >= 11 is 2.50. The van der Waals surface area contributed by atoms with Crippen LogP contribution in [-0.2, 0) is 4.74 Å². The van der Waals surface area contributed by atoms with Gasteiger partial charge in [0.25, 0.3) is 0 Å². The van der Waals surface area contributed by atoms with Gasteiger partial charge in [-0.1, -0.05) is 29.5 Å². The average molecular weight is 280 g/mol. The van der Waals surface area contributed by atoms with Gasteiger partial charge in [-0.3, -0.25) is 0 Å². The molecule has 0 radical (unpaired) electrons. The number of halogens is 1. The second kappa shape index (κ2) is 2.59. The molecule has 2 saturated heterocycles. The number of alkyl halides is 1. The fourth-order valence-electron chi connectivity index (χ4n) is 2.96. The Hall–Kier alpha value is 0.690. The maximum absolute atomic E-state index is 6.16. The zero-order valence-electron chi connectivity index (χ0n) is 8.06. The van der Waals surface area contributed by atoms with Crippen molar-refractivity contribution in [1.29, 1.82) is 0 Å². The molecule has 2 aliphatic heterocycles. The van der Waals surface area contributed by atoms with Gasteiger partial charge < -0.3 is 4.74 Å². The first-order chi connectivity index (χ1) is 5.52. The maximum atomic E-state index is 6.16. The summed E-state index contributed by atoms with van der Waals surface area (Å²) in [5.41, 5.74) is 0.403. The molecule has 4 atom stereocenters. The van der Waals surface area contributed by atoms with E-state index >= 15 is 0 Å². The summed E-state index contributed by atoms with van der Waals surface area (Å²) in [6, 6.07) is 0. The summed E-state index contributed by atoms with van der Waals surface area (Å²) in [6.45, 7) is 6.94. The van der Waals surface area contributed by atoms with E-state index in [2.05, 4.69) is 43.4 Å². The molecule has 1 nitrogen and oxygen atoms in total. The second-order valence-corrected chi connectivity index (χ2v) is 5.66. The summed E-state index contributed by atoms with van der Waals surface area (Å²) in [7, 11) is 0. The van der Waals surface area contributed by atoms with Crippen molar-refractivity contribution in [2.45, 2.75) is 44.8 Å². The summed E-state index contributed by atoms with van der Waals surface area (Å²) in [6.07, 6.45) is 2.53. The van der Waals surface area contributed by atoms with E-state index in [1.807, 2.05) is 0 Å². The van der Waals surface area contributed by atoms with Crippen LogP contribution < -0.4 is 0 Å². The molecule has 0 spiro atoms. The predicted molar refractivity (Wildman–Crippen MR) is 58.7 cm³/mol. The minimum absolute atomic E-state index is 0.199. The third-order valence-corrected chi connectivity index (χ3v) is 5.05. The van der Waals surface area contributed by atoms with Crippen LogP contribution in [0.1, 0.15) is 33.6 Å². The SMILES string of the molecule is C[C@H]1[C@H](CI)[C@]2(C)CC[C@@]1(C)O2. The molecule has 0 aromatic rings. The van der Waals surface area contributed by atoms with E-state index in [-0.39, 0.29) is 11.2 Å². The van der Waals surface area contributed by atoms with Crippen LogP contribution in [0, 0.1) is 11.8 Å². The number of hydrogen-bond donors (Lipinski definition) is 0. The minimum atomic E-state index is 0.199. The lowest BCUT2D eigenvalue weighted by atomic mass is 9.69. The Morgan fingerprint density at radius 3 is 2.25 bits per heavy atom. The monoisotopic (exact) mass is 280 g/mol. The lowest BCUT2D eigenvalue weighted by molar-refractivity contribution is -0.0407. The highest BCUT2D eigenvalue weighted by Crippen LogP contribution is 2.57. The molecular weight excluding hydrogens is 263 g/mol. The first-order valence-electron chi connectivity index (χ1n) is 4.78. The summed E-state index contributed by atoms with van der Waals surface area (Å²) in [5.74, 6) is 1.52. The summed E-state index contributed by atoms with van der Waals surface area (Å²) < 4.78 is 7.40. The quantitative estimate of drug-likeness (QED) is 0.530. The minimum Gasteiger partial charge on any atom is -0.369 e. The predicted octanol–water partition coefficient (Wildman–Crippen LogP) is 3.02. The molecule has 0 unspecified atom stereocenters. The van der Waals surface area contributed by atoms with Crippen LogP contribution in [-0.4, -0.2) is 15.6 Å². The molecule has 2 fully saturated rings. The third kappa shape index (κ3) is 0.999. The molecule has 0 saturated carbocycles. The molecule has 0 aromatic heterocycles. The highest BCUT2D eigenvalue weighted by molar-refractivity contribution is 14.1. The first kappa shape index (κ1) is 9.25. The van der Waals surface area contributed by atoms with E-state index in [1.165, 1.54) is 17.3 Å². The number of hydrogen-bond acceptors (Lipinski definition) is 1. The molecule has 2 heterocycles. The van der Waals surface area contributed by atoms with Crippen molar-refractivity contribution < 1.29 is 4.74 Å². The van der Waals surface area contributed by atoms with E-state index in [0.29, 0.717) is 0 Å². The van der Waals surface area contributed by atoms with Crippen LogP contribution in [0.25, 0.3) is 0 Å². The Morgan fingerprint density at radius 1 is 1.33 bits per heavy atom. The van der Waals surface area contributed by atoms with Gasteiger partial charge in [0, 0.05) is 10.3 Å². The zero-order chi connectivity index (χ0) is 8.98. The number of ether oxygens (including phenoxy) is 1. The van der Waals surface area contributed by atoms with Crippen molar-refractivity contribution in [1.82, 2.24) is 0 Å². The van der Waals surface area contributed by atoms with E-state index in [1.54, 1.807) is 0 Å². The smallest absolute Gasteiger partial charge is 0.0702 e. The van der Waals surface area contributed by atoms with Crippen LogP contribution in [0.2, 0.25) is 0 Å². The van der Waals surface area contributed by atoms with Crippen LogP contribution in [0.4, 0.5) is 0 Å². The standard InChI is InChI=1S/C10H17IO/c1-7-8(6-11)10(3)5-4-9(7,2)12-10/h7-8H,4-6H2,1-3H3/t7-,8-,9+,10-/m0/s1. The van der Waals surface area contributed by atoms with Gasteiger partial charge in [0.2, 0.25) is 0 Å². The molecule has 0 amide bonds. The lowest BCUT2D eigenvalue weighted by Gasteiger charge is -2.33. The molecular formula is C10H17IO. The van der Waals surface area contributed by atoms with Gasteiger partial charge in [-0.2, -0.15) is 0 Å². The fourth-order valence-corrected chi connectivity index (χ4v) is 4.66. The molecule has 2 heteroatoms. The van der Waals surface area contributed by atoms with Gasteiger partial charge >= 0.3 is 0 Å². The largest absolute Gasteiger partial charge is 0.369 e. The number of fused-ring (bicyclic) bond motifs is 2. The van der Waals surface area contributed by atoms with Crippen molar-refractivity contribution in [2.75, 3.05) is 4.43 Å². The van der Waals surface area contributed by atoms with Gasteiger partial charge in [0.1, 0.15) is 0 Å². The van der Waals surface area contributed by atoms with Gasteiger partial charge in [0.15, 0.2) is 0 Å². The normalized spacial score (nSPS) is 58.0. The molecule has 12 heavy (non-hydrogen) atoms. The summed E-state index contributed by atoms with van der Waals surface area (Å²) in [4.78, 5) is 0. The Morgan fingerprint density at radius 2 is 1.92 bits per heavy atom. The van der Waals surface area contributed by atoms with Crippen LogP contribution in [0.5, 0.6) is 0 Å². The van der Waals surface area contributed by atoms with Crippen molar-refractivity contribution in [2.24, 2.45) is 11.8 Å². The highest BCUT2D eigenvalue weighted by Gasteiger charge is 2.60. The zero-order valence-corrected chi connectivity index (χ0v) is 10.2. The van der Waals surface area contributed by atoms with Crippen LogP contribution in [0.15, 0.2) is 0 Å². The molecule has 70 valence electrons. The van der Waals surface area contributed by atoms with Gasteiger partial charge in [-0.05, 0) is 32.6 Å². The van der Waals surface area contributed by atoms with E-state index in [4.69, 9.17) is 4.74 Å². The maximum Gasteiger partial charge on any atom is 0.0702 e. The van der Waals surface area contributed by atoms with E-state index in [0.717, 1.165) is 11.8 Å². The first-order valence-corrected chi connectivity index (χ1v) is 6.30. The van der Waals surface area contributed by atoms with Crippen LogP contribution >= 0.6 is 22.6 Å². The van der Waals surface area contributed by atoms with Gasteiger partial charge in [0.05, 0.1) is 11.2 Å². The van der Waals surface area contributed by atoms with Crippen molar-refractivity contribution >= 4 is 22.6 Å². The topological polar surface area (TPSA) is 9.23 Å². The van der Waals surface area contributed by atoms with Gasteiger partial charge in [-0.15, -0.1) is 0 Å². The summed E-state index contributed by atoms with van der Waals surface area (Å²) in [5, 5.41) is 0. The van der Waals surface area contributed by atoms with Crippen molar-refractivity contribution in [3.8, 4) is 0 Å². The van der Waals surface area contributed by atoms with Crippen molar-refractivity contribution in [3.63, 3.8) is 0 Å². The fraction of sp³-hybridized carbons (Fsp3) is 1.00. The molecule has 0 aliphatic carbocycles. The Bertz CT molecular complexity index is 206. The van der Waals surface area contributed by atoms with Gasteiger partial charge in [-0.25, -0.2) is 0 Å². The lowest BCUT2D eigenvalue weighted by Crippen LogP contribution is -2.37. The Kier molecular flexibility index (Phi) is 2.00. The molecule has 2 bridgehead atoms. The van der Waals surface area contributed by atoms with E-state index in [9.17, 15) is 0 Å². The Balaban J connectivity index is 2.30.